The van der Waals surface area contributed by atoms with Crippen LogP contribution >= 0.6 is 11.8 Å². The first-order chi connectivity index (χ1) is 11.6. The first-order valence-corrected chi connectivity index (χ1v) is 8.58. The number of thioether (sulfide) groups is 1. The Bertz CT molecular complexity index is 857. The zero-order valence-corrected chi connectivity index (χ0v) is 13.7. The number of fused-ring (bicyclic) bond motifs is 2. The topological polar surface area (TPSA) is 63.2 Å². The van der Waals surface area contributed by atoms with Gasteiger partial charge < -0.3 is 5.32 Å². The Morgan fingerprint density at radius 3 is 2.29 bits per heavy atom. The van der Waals surface area contributed by atoms with E-state index in [0.717, 1.165) is 0 Å². The molecule has 4 nitrogen and oxygen atoms in total. The van der Waals surface area contributed by atoms with Crippen LogP contribution in [-0.4, -0.2) is 29.0 Å². The Kier molecular flexibility index (Phi) is 4.62. The molecule has 0 spiro atoms. The summed E-state index contributed by atoms with van der Waals surface area (Å²) in [6, 6.07) is 11.6. The highest BCUT2D eigenvalue weighted by Crippen LogP contribution is 2.29. The fraction of sp³-hybridized carbons (Fsp3) is 0.105. The van der Waals surface area contributed by atoms with Gasteiger partial charge in [-0.1, -0.05) is 30.3 Å². The third-order valence-electron chi connectivity index (χ3n) is 3.68. The molecule has 24 heavy (non-hydrogen) atoms. The van der Waals surface area contributed by atoms with Crippen molar-refractivity contribution in [2.45, 2.75) is 0 Å². The van der Waals surface area contributed by atoms with Crippen LogP contribution in [0.5, 0.6) is 0 Å². The van der Waals surface area contributed by atoms with Crippen LogP contribution in [0.2, 0.25) is 0 Å². The van der Waals surface area contributed by atoms with Gasteiger partial charge in [0.05, 0.1) is 5.75 Å². The van der Waals surface area contributed by atoms with Crippen LogP contribution in [0, 0.1) is 0 Å². The van der Waals surface area contributed by atoms with E-state index >= 15 is 0 Å². The van der Waals surface area contributed by atoms with Crippen molar-refractivity contribution < 1.29 is 14.4 Å². The fourth-order valence-electron chi connectivity index (χ4n) is 2.61. The molecule has 0 aliphatic heterocycles. The number of carbonyl (C=O) groups excluding carboxylic acids is 3. The van der Waals surface area contributed by atoms with Gasteiger partial charge in [0.25, 0.3) is 0 Å². The molecule has 2 aromatic carbocycles. The maximum absolute atomic E-state index is 12.6. The SMILES string of the molecule is C=CCSCC(=O)Nc1ccc2c(c1)C(=O)c1ccccc1C2=O. The number of amides is 1. The monoisotopic (exact) mass is 337 g/mol. The van der Waals surface area contributed by atoms with Crippen molar-refractivity contribution in [3.8, 4) is 0 Å². The Morgan fingerprint density at radius 2 is 1.62 bits per heavy atom. The minimum absolute atomic E-state index is 0.156. The molecule has 0 unspecified atom stereocenters. The second-order valence-corrected chi connectivity index (χ2v) is 6.35. The standard InChI is InChI=1S/C19H15NO3S/c1-2-9-24-11-17(21)20-12-7-8-15-16(10-12)19(23)14-6-4-3-5-13(14)18(15)22/h2-8,10H,1,9,11H2,(H,20,21). The van der Waals surface area contributed by atoms with Gasteiger partial charge in [0, 0.05) is 33.7 Å². The number of carbonyl (C=O) groups is 3. The zero-order chi connectivity index (χ0) is 17.1. The summed E-state index contributed by atoms with van der Waals surface area (Å²) in [5.74, 6) is 0.481. The smallest absolute Gasteiger partial charge is 0.234 e. The Morgan fingerprint density at radius 1 is 1.00 bits per heavy atom. The molecule has 0 aromatic heterocycles. The molecule has 2 aromatic rings. The summed E-state index contributed by atoms with van der Waals surface area (Å²) in [7, 11) is 0. The van der Waals surface area contributed by atoms with E-state index in [0.29, 0.717) is 39.4 Å². The molecule has 1 aliphatic carbocycles. The van der Waals surface area contributed by atoms with Crippen molar-refractivity contribution in [2.24, 2.45) is 0 Å². The molecule has 3 rings (SSSR count). The molecule has 1 aliphatic rings. The highest BCUT2D eigenvalue weighted by molar-refractivity contribution is 8.00. The molecule has 0 saturated carbocycles. The van der Waals surface area contributed by atoms with Gasteiger partial charge in [-0.25, -0.2) is 0 Å². The average Bonchev–Trinajstić information content (AvgIpc) is 2.60. The summed E-state index contributed by atoms with van der Waals surface area (Å²) in [5.41, 5.74) is 2.04. The lowest BCUT2D eigenvalue weighted by molar-refractivity contribution is -0.113. The molecular formula is C19H15NO3S. The van der Waals surface area contributed by atoms with E-state index in [1.165, 1.54) is 11.8 Å². The first-order valence-electron chi connectivity index (χ1n) is 7.43. The number of benzene rings is 2. The van der Waals surface area contributed by atoms with Crippen molar-refractivity contribution in [1.82, 2.24) is 0 Å². The van der Waals surface area contributed by atoms with Crippen molar-refractivity contribution in [3.63, 3.8) is 0 Å². The molecule has 5 heteroatoms. The predicted octanol–water partition coefficient (Wildman–Crippen LogP) is 3.32. The molecule has 0 bridgehead atoms. The van der Waals surface area contributed by atoms with E-state index in [1.807, 2.05) is 0 Å². The summed E-state index contributed by atoms with van der Waals surface area (Å²) in [6.07, 6.45) is 1.73. The summed E-state index contributed by atoms with van der Waals surface area (Å²) >= 11 is 1.45. The van der Waals surface area contributed by atoms with Gasteiger partial charge >= 0.3 is 0 Å². The van der Waals surface area contributed by atoms with Crippen LogP contribution in [0.25, 0.3) is 0 Å². The van der Waals surface area contributed by atoms with E-state index in [9.17, 15) is 14.4 Å². The molecule has 1 amide bonds. The highest BCUT2D eigenvalue weighted by Gasteiger charge is 2.29. The van der Waals surface area contributed by atoms with Gasteiger partial charge in [-0.05, 0) is 18.2 Å². The molecule has 1 N–H and O–H groups in total. The summed E-state index contributed by atoms with van der Waals surface area (Å²) in [6.45, 7) is 3.60. The number of rotatable bonds is 5. The molecule has 0 fully saturated rings. The van der Waals surface area contributed by atoms with Crippen molar-refractivity contribution in [2.75, 3.05) is 16.8 Å². The molecule has 0 heterocycles. The Balaban J connectivity index is 1.86. The normalized spacial score (nSPS) is 12.3. The predicted molar refractivity (Wildman–Crippen MR) is 95.9 cm³/mol. The van der Waals surface area contributed by atoms with E-state index < -0.39 is 0 Å². The fourth-order valence-corrected chi connectivity index (χ4v) is 3.15. The minimum Gasteiger partial charge on any atom is -0.325 e. The van der Waals surface area contributed by atoms with Crippen LogP contribution in [0.3, 0.4) is 0 Å². The Labute approximate surface area is 144 Å². The lowest BCUT2D eigenvalue weighted by Gasteiger charge is -2.18. The summed E-state index contributed by atoms with van der Waals surface area (Å²) in [4.78, 5) is 37.0. The molecular weight excluding hydrogens is 322 g/mol. The molecule has 120 valence electrons. The quantitative estimate of drug-likeness (QED) is 0.573. The number of nitrogens with one attached hydrogen (secondary N) is 1. The molecule has 0 radical (unpaired) electrons. The average molecular weight is 337 g/mol. The number of hydrogen-bond acceptors (Lipinski definition) is 4. The maximum Gasteiger partial charge on any atom is 0.234 e. The third kappa shape index (κ3) is 3.03. The molecule has 0 atom stereocenters. The highest BCUT2D eigenvalue weighted by atomic mass is 32.2. The van der Waals surface area contributed by atoms with Gasteiger partial charge in [-0.2, -0.15) is 0 Å². The van der Waals surface area contributed by atoms with Crippen molar-refractivity contribution in [1.29, 1.82) is 0 Å². The number of ketones is 2. The van der Waals surface area contributed by atoms with E-state index in [1.54, 1.807) is 48.5 Å². The van der Waals surface area contributed by atoms with Gasteiger partial charge in [-0.3, -0.25) is 14.4 Å². The van der Waals surface area contributed by atoms with Crippen LogP contribution in [0.4, 0.5) is 5.69 Å². The number of hydrogen-bond donors (Lipinski definition) is 1. The third-order valence-corrected chi connectivity index (χ3v) is 4.62. The van der Waals surface area contributed by atoms with E-state index in [-0.39, 0.29) is 17.5 Å². The maximum atomic E-state index is 12.6. The van der Waals surface area contributed by atoms with Crippen molar-refractivity contribution >= 4 is 34.9 Å². The van der Waals surface area contributed by atoms with Gasteiger partial charge in [0.15, 0.2) is 11.6 Å². The largest absolute Gasteiger partial charge is 0.325 e. The second-order valence-electron chi connectivity index (χ2n) is 5.32. The van der Waals surface area contributed by atoms with Crippen LogP contribution in [0.1, 0.15) is 31.8 Å². The Hall–Kier alpha value is -2.66. The molecule has 0 saturated heterocycles. The van der Waals surface area contributed by atoms with Gasteiger partial charge in [0.2, 0.25) is 5.91 Å². The minimum atomic E-state index is -0.197. The first kappa shape index (κ1) is 16.2. The zero-order valence-electron chi connectivity index (χ0n) is 12.9. The van der Waals surface area contributed by atoms with E-state index in [4.69, 9.17) is 0 Å². The van der Waals surface area contributed by atoms with E-state index in [2.05, 4.69) is 11.9 Å². The summed E-state index contributed by atoms with van der Waals surface area (Å²) in [5, 5.41) is 2.75. The number of anilines is 1. The lowest BCUT2D eigenvalue weighted by Crippen LogP contribution is -2.21. The second kappa shape index (κ2) is 6.84. The van der Waals surface area contributed by atoms with Crippen LogP contribution in [-0.2, 0) is 4.79 Å². The summed E-state index contributed by atoms with van der Waals surface area (Å²) < 4.78 is 0. The van der Waals surface area contributed by atoms with Gasteiger partial charge in [0.1, 0.15) is 0 Å². The van der Waals surface area contributed by atoms with Gasteiger partial charge in [-0.15, -0.1) is 18.3 Å². The van der Waals surface area contributed by atoms with Crippen LogP contribution < -0.4 is 5.32 Å². The lowest BCUT2D eigenvalue weighted by atomic mass is 9.84. The van der Waals surface area contributed by atoms with Crippen LogP contribution in [0.15, 0.2) is 55.1 Å². The van der Waals surface area contributed by atoms with Crippen molar-refractivity contribution in [3.05, 3.63) is 77.4 Å².